The Morgan fingerprint density at radius 1 is 1.19 bits per heavy atom. The van der Waals surface area contributed by atoms with Gasteiger partial charge in [-0.2, -0.15) is 0 Å². The van der Waals surface area contributed by atoms with Crippen molar-refractivity contribution in [3.8, 4) is 0 Å². The number of imide groups is 1. The first-order valence-corrected chi connectivity index (χ1v) is 9.28. The van der Waals surface area contributed by atoms with Crippen LogP contribution in [0.25, 0.3) is 0 Å². The van der Waals surface area contributed by atoms with Gasteiger partial charge in [0.1, 0.15) is 6.04 Å². The van der Waals surface area contributed by atoms with Gasteiger partial charge in [0.05, 0.1) is 0 Å². The molecule has 3 aliphatic heterocycles. The summed E-state index contributed by atoms with van der Waals surface area (Å²) >= 11 is 0. The summed E-state index contributed by atoms with van der Waals surface area (Å²) in [6, 6.07) is 5.73. The highest BCUT2D eigenvalue weighted by Gasteiger charge is 2.40. The van der Waals surface area contributed by atoms with Crippen molar-refractivity contribution in [2.45, 2.75) is 50.9 Å². The smallest absolute Gasteiger partial charge is 0.255 e. The number of nitrogens with one attached hydrogen (secondary N) is 1. The summed E-state index contributed by atoms with van der Waals surface area (Å²) < 4.78 is 0. The number of rotatable bonds is 4. The number of fused-ring (bicyclic) bond motifs is 1. The van der Waals surface area contributed by atoms with Crippen molar-refractivity contribution < 1.29 is 14.4 Å². The number of hydrogen-bond donors (Lipinski definition) is 2. The lowest BCUT2D eigenvalue weighted by molar-refractivity contribution is -0.136. The van der Waals surface area contributed by atoms with Crippen LogP contribution in [0.1, 0.15) is 47.2 Å². The molecule has 4 rings (SSSR count). The third kappa shape index (κ3) is 2.91. The number of likely N-dealkylation sites (tertiary alicyclic amines) is 1. The molecule has 0 spiro atoms. The molecule has 2 atom stereocenters. The number of carbonyl (C=O) groups excluding carboxylic acids is 3. The number of benzene rings is 1. The third-order valence-electron chi connectivity index (χ3n) is 5.78. The summed E-state index contributed by atoms with van der Waals surface area (Å²) in [6.45, 7) is 2.76. The van der Waals surface area contributed by atoms with Crippen LogP contribution in [0, 0.1) is 0 Å². The molecule has 0 aromatic heterocycles. The molecule has 0 aliphatic carbocycles. The number of hydrogen-bond acceptors (Lipinski definition) is 5. The predicted molar refractivity (Wildman–Crippen MR) is 95.0 cm³/mol. The largest absolute Gasteiger partial charge is 0.329 e. The maximum absolute atomic E-state index is 13.1. The van der Waals surface area contributed by atoms with Gasteiger partial charge in [-0.3, -0.25) is 24.6 Å². The highest BCUT2D eigenvalue weighted by Crippen LogP contribution is 2.31. The van der Waals surface area contributed by atoms with Gasteiger partial charge < -0.3 is 10.6 Å². The molecule has 138 valence electrons. The van der Waals surface area contributed by atoms with Gasteiger partial charge in [-0.25, -0.2) is 0 Å². The highest BCUT2D eigenvalue weighted by molar-refractivity contribution is 6.05. The minimum Gasteiger partial charge on any atom is -0.329 e. The summed E-state index contributed by atoms with van der Waals surface area (Å²) in [5.74, 6) is -0.738. The molecule has 2 unspecified atom stereocenters. The van der Waals surface area contributed by atoms with Crippen LogP contribution in [0.5, 0.6) is 0 Å². The van der Waals surface area contributed by atoms with Crippen LogP contribution in [-0.4, -0.2) is 52.7 Å². The average Bonchev–Trinajstić information content (AvgIpc) is 3.20. The normalized spacial score (nSPS) is 26.3. The number of piperidine rings is 1. The second-order valence-electron chi connectivity index (χ2n) is 7.35. The van der Waals surface area contributed by atoms with Crippen molar-refractivity contribution in [2.24, 2.45) is 5.73 Å². The van der Waals surface area contributed by atoms with E-state index in [-0.39, 0.29) is 24.1 Å². The summed E-state index contributed by atoms with van der Waals surface area (Å²) in [5.41, 5.74) is 8.56. The molecule has 0 bridgehead atoms. The van der Waals surface area contributed by atoms with Crippen molar-refractivity contribution in [1.82, 2.24) is 15.1 Å². The minimum atomic E-state index is -0.566. The first kappa shape index (κ1) is 17.2. The van der Waals surface area contributed by atoms with Crippen LogP contribution in [0.4, 0.5) is 0 Å². The summed E-state index contributed by atoms with van der Waals surface area (Å²) in [4.78, 5) is 40.6. The Balaban J connectivity index is 1.57. The van der Waals surface area contributed by atoms with Gasteiger partial charge in [0.2, 0.25) is 11.8 Å². The zero-order valence-corrected chi connectivity index (χ0v) is 14.7. The van der Waals surface area contributed by atoms with Gasteiger partial charge in [0, 0.05) is 37.7 Å². The van der Waals surface area contributed by atoms with E-state index in [1.54, 1.807) is 4.90 Å². The van der Waals surface area contributed by atoms with E-state index >= 15 is 0 Å². The van der Waals surface area contributed by atoms with Crippen molar-refractivity contribution in [3.05, 3.63) is 34.9 Å². The van der Waals surface area contributed by atoms with E-state index in [1.165, 1.54) is 0 Å². The maximum Gasteiger partial charge on any atom is 0.255 e. The van der Waals surface area contributed by atoms with Crippen LogP contribution in [0.3, 0.4) is 0 Å². The molecule has 2 saturated heterocycles. The SMILES string of the molecule is NCC1CCCN1Cc1cccc2c1C(=O)N(C1CCC(=O)NC1=O)C2. The number of amides is 3. The van der Waals surface area contributed by atoms with Gasteiger partial charge in [0.15, 0.2) is 0 Å². The molecule has 3 amide bonds. The number of nitrogens with zero attached hydrogens (tertiary/aromatic N) is 2. The van der Waals surface area contributed by atoms with E-state index in [0.29, 0.717) is 32.1 Å². The monoisotopic (exact) mass is 356 g/mol. The first-order chi connectivity index (χ1) is 12.6. The van der Waals surface area contributed by atoms with Crippen molar-refractivity contribution in [2.75, 3.05) is 13.1 Å². The summed E-state index contributed by atoms with van der Waals surface area (Å²) in [5, 5.41) is 2.35. The zero-order chi connectivity index (χ0) is 18.3. The lowest BCUT2D eigenvalue weighted by Gasteiger charge is -2.29. The lowest BCUT2D eigenvalue weighted by Crippen LogP contribution is -2.52. The molecule has 2 fully saturated rings. The van der Waals surface area contributed by atoms with E-state index in [1.807, 2.05) is 18.2 Å². The second kappa shape index (κ2) is 6.81. The molecule has 26 heavy (non-hydrogen) atoms. The number of carbonyl (C=O) groups is 3. The number of nitrogens with two attached hydrogens (primary N) is 1. The van der Waals surface area contributed by atoms with E-state index in [2.05, 4.69) is 10.2 Å². The van der Waals surface area contributed by atoms with Crippen LogP contribution < -0.4 is 11.1 Å². The van der Waals surface area contributed by atoms with E-state index in [4.69, 9.17) is 5.73 Å². The first-order valence-electron chi connectivity index (χ1n) is 9.28. The van der Waals surface area contributed by atoms with Crippen LogP contribution in [0.2, 0.25) is 0 Å². The van der Waals surface area contributed by atoms with E-state index in [9.17, 15) is 14.4 Å². The lowest BCUT2D eigenvalue weighted by atomic mass is 10.0. The molecule has 1 aromatic rings. The molecule has 0 radical (unpaired) electrons. The second-order valence-corrected chi connectivity index (χ2v) is 7.35. The van der Waals surface area contributed by atoms with Gasteiger partial charge in [0.25, 0.3) is 5.91 Å². The third-order valence-corrected chi connectivity index (χ3v) is 5.78. The van der Waals surface area contributed by atoms with Crippen LogP contribution in [-0.2, 0) is 22.7 Å². The van der Waals surface area contributed by atoms with Crippen LogP contribution in [0.15, 0.2) is 18.2 Å². The Bertz CT molecular complexity index is 763. The van der Waals surface area contributed by atoms with Crippen LogP contribution >= 0.6 is 0 Å². The minimum absolute atomic E-state index is 0.103. The molecule has 7 heteroatoms. The molecule has 3 heterocycles. The predicted octanol–water partition coefficient (Wildman–Crippen LogP) is 0.371. The molecule has 3 N–H and O–H groups in total. The summed E-state index contributed by atoms with van der Waals surface area (Å²) in [7, 11) is 0. The van der Waals surface area contributed by atoms with E-state index in [0.717, 1.165) is 36.1 Å². The zero-order valence-electron chi connectivity index (χ0n) is 14.7. The maximum atomic E-state index is 13.1. The Morgan fingerprint density at radius 3 is 2.81 bits per heavy atom. The van der Waals surface area contributed by atoms with E-state index < -0.39 is 6.04 Å². The topological polar surface area (TPSA) is 95.7 Å². The standard InChI is InChI=1S/C19H24N4O3/c20-9-14-5-2-8-22(14)10-12-3-1-4-13-11-23(19(26)17(12)13)15-6-7-16(24)21-18(15)25/h1,3-4,14-15H,2,5-11,20H2,(H,21,24,25). The fraction of sp³-hybridized carbons (Fsp3) is 0.526. The van der Waals surface area contributed by atoms with Gasteiger partial charge in [-0.1, -0.05) is 18.2 Å². The Morgan fingerprint density at radius 2 is 2.04 bits per heavy atom. The van der Waals surface area contributed by atoms with Crippen molar-refractivity contribution in [3.63, 3.8) is 0 Å². The van der Waals surface area contributed by atoms with Crippen molar-refractivity contribution in [1.29, 1.82) is 0 Å². The fourth-order valence-corrected chi connectivity index (χ4v) is 4.41. The average molecular weight is 356 g/mol. The molecule has 7 nitrogen and oxygen atoms in total. The molecular weight excluding hydrogens is 332 g/mol. The molecule has 0 saturated carbocycles. The molecular formula is C19H24N4O3. The quantitative estimate of drug-likeness (QED) is 0.760. The molecule has 1 aromatic carbocycles. The van der Waals surface area contributed by atoms with Gasteiger partial charge in [-0.15, -0.1) is 0 Å². The van der Waals surface area contributed by atoms with Crippen molar-refractivity contribution >= 4 is 17.7 Å². The Labute approximate surface area is 152 Å². The van der Waals surface area contributed by atoms with Gasteiger partial charge >= 0.3 is 0 Å². The molecule has 3 aliphatic rings. The Hall–Kier alpha value is -2.25. The highest BCUT2D eigenvalue weighted by atomic mass is 16.2. The van der Waals surface area contributed by atoms with Gasteiger partial charge in [-0.05, 0) is 36.9 Å². The fourth-order valence-electron chi connectivity index (χ4n) is 4.41. The summed E-state index contributed by atoms with van der Waals surface area (Å²) in [6.07, 6.45) is 2.89. The Kier molecular flexibility index (Phi) is 4.50.